The molecule has 0 unspecified atom stereocenters. The van der Waals surface area contributed by atoms with Gasteiger partial charge in [-0.3, -0.25) is 4.79 Å². The van der Waals surface area contributed by atoms with E-state index in [0.717, 1.165) is 16.9 Å². The second-order valence-corrected chi connectivity index (χ2v) is 9.85. The molecule has 8 heteroatoms. The van der Waals surface area contributed by atoms with Gasteiger partial charge >= 0.3 is 0 Å². The molecule has 0 heterocycles. The van der Waals surface area contributed by atoms with Crippen LogP contribution in [0.3, 0.4) is 0 Å². The van der Waals surface area contributed by atoms with Crippen molar-refractivity contribution in [2.45, 2.75) is 17.7 Å². The summed E-state index contributed by atoms with van der Waals surface area (Å²) in [5, 5.41) is 3.27. The molecule has 0 spiro atoms. The Kier molecular flexibility index (Phi) is 8.88. The molecule has 0 aromatic heterocycles. The highest BCUT2D eigenvalue weighted by Gasteiger charge is 2.26. The van der Waals surface area contributed by atoms with Crippen molar-refractivity contribution in [1.82, 2.24) is 9.62 Å². The summed E-state index contributed by atoms with van der Waals surface area (Å²) < 4.78 is 32.9. The zero-order valence-corrected chi connectivity index (χ0v) is 20.0. The van der Waals surface area contributed by atoms with Gasteiger partial charge in [-0.1, -0.05) is 54.1 Å². The van der Waals surface area contributed by atoms with Gasteiger partial charge in [-0.15, -0.1) is 0 Å². The molecule has 6 nitrogen and oxygen atoms in total. The second kappa shape index (κ2) is 11.8. The molecule has 174 valence electrons. The maximum atomic E-state index is 13.2. The highest BCUT2D eigenvalue weighted by atomic mass is 35.5. The third kappa shape index (κ3) is 7.32. The topological polar surface area (TPSA) is 75.7 Å². The maximum Gasteiger partial charge on any atom is 0.243 e. The number of sulfonamides is 1. The molecular weight excluding hydrogens is 460 g/mol. The largest absolute Gasteiger partial charge is 0.497 e. The van der Waals surface area contributed by atoms with Crippen LogP contribution in [0, 0.1) is 0 Å². The van der Waals surface area contributed by atoms with Crippen molar-refractivity contribution in [2.24, 2.45) is 0 Å². The lowest BCUT2D eigenvalue weighted by molar-refractivity contribution is -0.121. The van der Waals surface area contributed by atoms with Crippen LogP contribution in [0.5, 0.6) is 5.75 Å². The third-order valence-corrected chi connectivity index (χ3v) is 7.27. The van der Waals surface area contributed by atoms with E-state index in [1.807, 2.05) is 54.6 Å². The Bertz CT molecular complexity index is 1140. The molecule has 1 amide bonds. The molecule has 0 fully saturated rings. The maximum absolute atomic E-state index is 13.2. The number of hydrogen-bond donors (Lipinski definition) is 1. The van der Waals surface area contributed by atoms with Gasteiger partial charge in [-0.2, -0.15) is 4.31 Å². The number of ether oxygens (including phenoxy) is 1. The molecule has 0 radical (unpaired) electrons. The first-order valence-electron chi connectivity index (χ1n) is 10.6. The molecule has 0 bridgehead atoms. The van der Waals surface area contributed by atoms with Crippen LogP contribution in [0.4, 0.5) is 0 Å². The first-order chi connectivity index (χ1) is 15.9. The van der Waals surface area contributed by atoms with Gasteiger partial charge in [-0.05, 0) is 60.4 Å². The number of halogens is 1. The Labute approximate surface area is 200 Å². The zero-order chi connectivity index (χ0) is 23.7. The zero-order valence-electron chi connectivity index (χ0n) is 18.4. The van der Waals surface area contributed by atoms with Gasteiger partial charge in [-0.25, -0.2) is 8.42 Å². The van der Waals surface area contributed by atoms with Crippen LogP contribution in [-0.2, 0) is 27.7 Å². The molecular formula is C25H27ClN2O4S. The summed E-state index contributed by atoms with van der Waals surface area (Å²) in [7, 11) is -2.26. The SMILES string of the molecule is COc1ccc(CCNC(=O)CN(CCc2ccccc2)S(=O)(=O)c2ccc(Cl)cc2)cc1. The molecule has 0 aliphatic heterocycles. The summed E-state index contributed by atoms with van der Waals surface area (Å²) >= 11 is 5.91. The minimum atomic E-state index is -3.87. The second-order valence-electron chi connectivity index (χ2n) is 7.48. The highest BCUT2D eigenvalue weighted by molar-refractivity contribution is 7.89. The minimum Gasteiger partial charge on any atom is -0.497 e. The average Bonchev–Trinajstić information content (AvgIpc) is 2.83. The van der Waals surface area contributed by atoms with E-state index in [1.165, 1.54) is 28.6 Å². The van der Waals surface area contributed by atoms with Gasteiger partial charge < -0.3 is 10.1 Å². The van der Waals surface area contributed by atoms with Gasteiger partial charge in [0.25, 0.3) is 0 Å². The number of nitrogens with zero attached hydrogens (tertiary/aromatic N) is 1. The van der Waals surface area contributed by atoms with E-state index >= 15 is 0 Å². The van der Waals surface area contributed by atoms with Gasteiger partial charge in [0.2, 0.25) is 15.9 Å². The number of nitrogens with one attached hydrogen (secondary N) is 1. The van der Waals surface area contributed by atoms with E-state index in [1.54, 1.807) is 7.11 Å². The summed E-state index contributed by atoms with van der Waals surface area (Å²) in [6.45, 7) is 0.319. The lowest BCUT2D eigenvalue weighted by atomic mass is 10.1. The van der Waals surface area contributed by atoms with Crippen molar-refractivity contribution in [3.8, 4) is 5.75 Å². The number of carbonyl (C=O) groups is 1. The standard InChI is InChI=1S/C25H27ClN2O4S/c1-32-23-11-7-21(8-12-23)15-17-27-25(29)19-28(18-16-20-5-3-2-4-6-20)33(30,31)24-13-9-22(26)10-14-24/h2-14H,15-19H2,1H3,(H,27,29). The quantitative estimate of drug-likeness (QED) is 0.445. The fourth-order valence-electron chi connectivity index (χ4n) is 3.29. The Morgan fingerprint density at radius 1 is 0.909 bits per heavy atom. The van der Waals surface area contributed by atoms with E-state index in [4.69, 9.17) is 16.3 Å². The smallest absolute Gasteiger partial charge is 0.243 e. The lowest BCUT2D eigenvalue weighted by Crippen LogP contribution is -2.42. The van der Waals surface area contributed by atoms with Gasteiger partial charge in [0.15, 0.2) is 0 Å². The van der Waals surface area contributed by atoms with Gasteiger partial charge in [0.05, 0.1) is 18.6 Å². The van der Waals surface area contributed by atoms with Crippen LogP contribution < -0.4 is 10.1 Å². The lowest BCUT2D eigenvalue weighted by Gasteiger charge is -2.22. The number of hydrogen-bond acceptors (Lipinski definition) is 4. The molecule has 0 aliphatic carbocycles. The van der Waals surface area contributed by atoms with E-state index in [-0.39, 0.29) is 23.9 Å². The number of methoxy groups -OCH3 is 1. The Morgan fingerprint density at radius 2 is 1.55 bits per heavy atom. The number of amides is 1. The summed E-state index contributed by atoms with van der Waals surface area (Å²) in [5.74, 6) is 0.415. The van der Waals surface area contributed by atoms with Crippen molar-refractivity contribution in [3.05, 3.63) is 95.0 Å². The van der Waals surface area contributed by atoms with Crippen molar-refractivity contribution in [1.29, 1.82) is 0 Å². The van der Waals surface area contributed by atoms with Crippen LogP contribution in [-0.4, -0.2) is 45.4 Å². The van der Waals surface area contributed by atoms with E-state index in [2.05, 4.69) is 5.32 Å². The van der Waals surface area contributed by atoms with Crippen molar-refractivity contribution >= 4 is 27.5 Å². The van der Waals surface area contributed by atoms with Crippen molar-refractivity contribution in [2.75, 3.05) is 26.7 Å². The van der Waals surface area contributed by atoms with Gasteiger partial charge in [0.1, 0.15) is 5.75 Å². The minimum absolute atomic E-state index is 0.103. The Balaban J connectivity index is 1.65. The van der Waals surface area contributed by atoms with Crippen LogP contribution in [0.25, 0.3) is 0 Å². The van der Waals surface area contributed by atoms with E-state index < -0.39 is 10.0 Å². The number of benzene rings is 3. The highest BCUT2D eigenvalue weighted by Crippen LogP contribution is 2.19. The number of rotatable bonds is 11. The first kappa shape index (κ1) is 24.8. The predicted molar refractivity (Wildman–Crippen MR) is 130 cm³/mol. The third-order valence-electron chi connectivity index (χ3n) is 5.16. The summed E-state index contributed by atoms with van der Waals surface area (Å²) in [6.07, 6.45) is 1.12. The molecule has 33 heavy (non-hydrogen) atoms. The van der Waals surface area contributed by atoms with Crippen LogP contribution in [0.15, 0.2) is 83.8 Å². The average molecular weight is 487 g/mol. The molecule has 0 aliphatic rings. The van der Waals surface area contributed by atoms with Crippen LogP contribution in [0.1, 0.15) is 11.1 Å². The fourth-order valence-corrected chi connectivity index (χ4v) is 4.82. The molecule has 0 atom stereocenters. The van der Waals surface area contributed by atoms with E-state index in [0.29, 0.717) is 24.4 Å². The monoisotopic (exact) mass is 486 g/mol. The first-order valence-corrected chi connectivity index (χ1v) is 12.4. The Hall–Kier alpha value is -2.87. The molecule has 1 N–H and O–H groups in total. The normalized spacial score (nSPS) is 11.4. The summed E-state index contributed by atoms with van der Waals surface area (Å²) in [5.41, 5.74) is 2.04. The molecule has 0 saturated heterocycles. The predicted octanol–water partition coefficient (Wildman–Crippen LogP) is 3.94. The van der Waals surface area contributed by atoms with Crippen molar-refractivity contribution < 1.29 is 17.9 Å². The van der Waals surface area contributed by atoms with Crippen molar-refractivity contribution in [3.63, 3.8) is 0 Å². The fraction of sp³-hybridized carbons (Fsp3) is 0.240. The molecule has 0 saturated carbocycles. The molecule has 3 aromatic carbocycles. The summed E-state index contributed by atoms with van der Waals surface area (Å²) in [6, 6.07) is 23.1. The molecule has 3 aromatic rings. The Morgan fingerprint density at radius 3 is 2.18 bits per heavy atom. The van der Waals surface area contributed by atoms with Crippen LogP contribution in [0.2, 0.25) is 5.02 Å². The number of carbonyl (C=O) groups excluding carboxylic acids is 1. The van der Waals surface area contributed by atoms with Gasteiger partial charge in [0, 0.05) is 18.1 Å². The molecule has 3 rings (SSSR count). The van der Waals surface area contributed by atoms with Crippen LogP contribution >= 0.6 is 11.6 Å². The summed E-state index contributed by atoms with van der Waals surface area (Å²) in [4.78, 5) is 12.7. The van der Waals surface area contributed by atoms with E-state index in [9.17, 15) is 13.2 Å².